The Morgan fingerprint density at radius 2 is 2.05 bits per heavy atom. The first kappa shape index (κ1) is 14.0. The predicted molar refractivity (Wildman–Crippen MR) is 74.4 cm³/mol. The van der Waals surface area contributed by atoms with E-state index in [1.165, 1.54) is 4.31 Å². The van der Waals surface area contributed by atoms with Gasteiger partial charge in [0.05, 0.1) is 29.7 Å². The summed E-state index contributed by atoms with van der Waals surface area (Å²) in [5.41, 5.74) is 1.56. The molecule has 2 heterocycles. The maximum atomic E-state index is 12.2. The molecule has 0 spiro atoms. The Balaban J connectivity index is 1.81. The Bertz CT molecular complexity index is 604. The number of rotatable bonds is 4. The first-order valence-electron chi connectivity index (χ1n) is 7.13. The van der Waals surface area contributed by atoms with Crippen LogP contribution in [0.3, 0.4) is 0 Å². The molecule has 20 heavy (non-hydrogen) atoms. The molecule has 0 aromatic carbocycles. The first-order chi connectivity index (χ1) is 9.39. The third kappa shape index (κ3) is 2.38. The fraction of sp³-hybridized carbons (Fsp3) is 0.769. The van der Waals surface area contributed by atoms with Gasteiger partial charge in [-0.15, -0.1) is 0 Å². The molecule has 1 fully saturated rings. The van der Waals surface area contributed by atoms with E-state index in [0.717, 1.165) is 18.5 Å². The first-order valence-corrected chi connectivity index (χ1v) is 8.63. The lowest BCUT2D eigenvalue weighted by Crippen LogP contribution is -2.41. The lowest BCUT2D eigenvalue weighted by molar-refractivity contribution is 0.148. The normalized spacial score (nSPS) is 22.0. The molecule has 0 saturated heterocycles. The van der Waals surface area contributed by atoms with Gasteiger partial charge in [0.2, 0.25) is 10.0 Å². The van der Waals surface area contributed by atoms with Crippen LogP contribution in [-0.4, -0.2) is 39.4 Å². The molecule has 0 radical (unpaired) electrons. The molecule has 6 nitrogen and oxygen atoms in total. The zero-order chi connectivity index (χ0) is 14.5. The molecule has 1 aliphatic carbocycles. The Kier molecular flexibility index (Phi) is 3.38. The number of hydrogen-bond donors (Lipinski definition) is 1. The maximum absolute atomic E-state index is 12.2. The van der Waals surface area contributed by atoms with Crippen molar-refractivity contribution in [2.45, 2.75) is 51.1 Å². The summed E-state index contributed by atoms with van der Waals surface area (Å²) in [6.07, 6.45) is 1.61. The second-order valence-electron chi connectivity index (χ2n) is 5.99. The highest BCUT2D eigenvalue weighted by Crippen LogP contribution is 2.40. The Morgan fingerprint density at radius 1 is 1.35 bits per heavy atom. The van der Waals surface area contributed by atoms with Crippen molar-refractivity contribution in [2.75, 3.05) is 6.54 Å². The molecule has 0 amide bonds. The summed E-state index contributed by atoms with van der Waals surface area (Å²) in [7, 11) is -3.23. The van der Waals surface area contributed by atoms with Gasteiger partial charge in [-0.1, -0.05) is 0 Å². The van der Waals surface area contributed by atoms with Gasteiger partial charge >= 0.3 is 0 Å². The van der Waals surface area contributed by atoms with Crippen molar-refractivity contribution in [1.82, 2.24) is 14.1 Å². The van der Waals surface area contributed by atoms with E-state index in [2.05, 4.69) is 5.10 Å². The lowest BCUT2D eigenvalue weighted by Gasteiger charge is -2.28. The van der Waals surface area contributed by atoms with Gasteiger partial charge in [-0.3, -0.25) is 4.68 Å². The Hall–Kier alpha value is -0.920. The van der Waals surface area contributed by atoms with E-state index in [9.17, 15) is 13.5 Å². The number of nitrogens with zero attached hydrogens (tertiary/aromatic N) is 3. The van der Waals surface area contributed by atoms with Crippen LogP contribution in [0.25, 0.3) is 0 Å². The summed E-state index contributed by atoms with van der Waals surface area (Å²) in [6.45, 7) is 4.75. The summed E-state index contributed by atoms with van der Waals surface area (Å²) < 4.78 is 27.7. The average molecular weight is 299 g/mol. The topological polar surface area (TPSA) is 75.4 Å². The van der Waals surface area contributed by atoms with Gasteiger partial charge in [0.25, 0.3) is 0 Å². The monoisotopic (exact) mass is 299 g/mol. The van der Waals surface area contributed by atoms with Crippen molar-refractivity contribution in [1.29, 1.82) is 0 Å². The van der Waals surface area contributed by atoms with Gasteiger partial charge in [0.15, 0.2) is 0 Å². The van der Waals surface area contributed by atoms with Crippen LogP contribution in [0.2, 0.25) is 0 Å². The van der Waals surface area contributed by atoms with E-state index in [4.69, 9.17) is 0 Å². The summed E-state index contributed by atoms with van der Waals surface area (Å²) >= 11 is 0. The highest BCUT2D eigenvalue weighted by Gasteiger charge is 2.35. The van der Waals surface area contributed by atoms with Crippen LogP contribution in [-0.2, 0) is 23.1 Å². The summed E-state index contributed by atoms with van der Waals surface area (Å²) in [5, 5.41) is 14.1. The maximum Gasteiger partial charge on any atom is 0.216 e. The number of hydrogen-bond acceptors (Lipinski definition) is 4. The highest BCUT2D eigenvalue weighted by atomic mass is 32.2. The molecular weight excluding hydrogens is 278 g/mol. The Morgan fingerprint density at radius 3 is 2.65 bits per heavy atom. The molecule has 0 bridgehead atoms. The van der Waals surface area contributed by atoms with Crippen LogP contribution in [0.1, 0.15) is 44.2 Å². The smallest absolute Gasteiger partial charge is 0.216 e. The van der Waals surface area contributed by atoms with E-state index in [1.807, 2.05) is 10.7 Å². The minimum Gasteiger partial charge on any atom is -0.386 e. The van der Waals surface area contributed by atoms with Crippen molar-refractivity contribution in [3.05, 3.63) is 17.5 Å². The van der Waals surface area contributed by atoms with Gasteiger partial charge in [-0.25, -0.2) is 8.42 Å². The fourth-order valence-corrected chi connectivity index (χ4v) is 3.82. The minimum atomic E-state index is -3.23. The van der Waals surface area contributed by atoms with Gasteiger partial charge in [0.1, 0.15) is 6.10 Å². The molecule has 3 rings (SSSR count). The number of sulfonamides is 1. The zero-order valence-corrected chi connectivity index (χ0v) is 12.7. The van der Waals surface area contributed by atoms with Gasteiger partial charge in [-0.05, 0) is 38.7 Å². The van der Waals surface area contributed by atoms with Crippen molar-refractivity contribution in [2.24, 2.45) is 5.92 Å². The van der Waals surface area contributed by atoms with Crippen LogP contribution in [0.15, 0.2) is 6.07 Å². The van der Waals surface area contributed by atoms with Gasteiger partial charge in [-0.2, -0.15) is 9.40 Å². The van der Waals surface area contributed by atoms with E-state index in [0.29, 0.717) is 31.2 Å². The molecule has 112 valence electrons. The van der Waals surface area contributed by atoms with Crippen molar-refractivity contribution in [3.63, 3.8) is 0 Å². The predicted octanol–water partition coefficient (Wildman–Crippen LogP) is 0.880. The SMILES string of the molecule is CC(C)S(=O)(=O)N1CCn2nc([C@@H](O)C3CC3)cc2C1. The zero-order valence-electron chi connectivity index (χ0n) is 11.9. The molecule has 0 unspecified atom stereocenters. The number of aliphatic hydroxyl groups is 1. The Labute approximate surface area is 119 Å². The molecule has 1 aromatic heterocycles. The summed E-state index contributed by atoms with van der Waals surface area (Å²) in [5.74, 6) is 0.336. The third-order valence-corrected chi connectivity index (χ3v) is 6.33. The largest absolute Gasteiger partial charge is 0.386 e. The fourth-order valence-electron chi connectivity index (χ4n) is 2.58. The van der Waals surface area contributed by atoms with E-state index in [1.54, 1.807) is 13.8 Å². The van der Waals surface area contributed by atoms with E-state index >= 15 is 0 Å². The van der Waals surface area contributed by atoms with Crippen LogP contribution in [0.5, 0.6) is 0 Å². The number of aliphatic hydroxyl groups excluding tert-OH is 1. The summed E-state index contributed by atoms with van der Waals surface area (Å²) in [4.78, 5) is 0. The minimum absolute atomic E-state index is 0.336. The molecule has 7 heteroatoms. The average Bonchev–Trinajstić information content (AvgIpc) is 3.15. The van der Waals surface area contributed by atoms with E-state index in [-0.39, 0.29) is 0 Å². The van der Waals surface area contributed by atoms with E-state index < -0.39 is 21.4 Å². The lowest BCUT2D eigenvalue weighted by atomic mass is 10.1. The number of fused-ring (bicyclic) bond motifs is 1. The van der Waals surface area contributed by atoms with Crippen molar-refractivity contribution < 1.29 is 13.5 Å². The molecule has 1 saturated carbocycles. The standard InChI is InChI=1S/C13H21N3O3S/c1-9(2)20(18,19)15-5-6-16-11(8-15)7-12(14-16)13(17)10-3-4-10/h7,9-10,13,17H,3-6,8H2,1-2H3/t13-/m0/s1. The van der Waals surface area contributed by atoms with Crippen LogP contribution in [0.4, 0.5) is 0 Å². The number of aromatic nitrogens is 2. The van der Waals surface area contributed by atoms with Crippen LogP contribution < -0.4 is 0 Å². The van der Waals surface area contributed by atoms with Crippen LogP contribution in [0, 0.1) is 5.92 Å². The third-order valence-electron chi connectivity index (χ3n) is 4.11. The molecule has 2 aliphatic rings. The molecular formula is C13H21N3O3S. The second-order valence-corrected chi connectivity index (χ2v) is 8.48. The molecule has 1 N–H and O–H groups in total. The van der Waals surface area contributed by atoms with Crippen molar-refractivity contribution in [3.8, 4) is 0 Å². The molecule has 1 aliphatic heterocycles. The van der Waals surface area contributed by atoms with Crippen molar-refractivity contribution >= 4 is 10.0 Å². The quantitative estimate of drug-likeness (QED) is 0.895. The molecule has 1 atom stereocenters. The molecule has 1 aromatic rings. The highest BCUT2D eigenvalue weighted by molar-refractivity contribution is 7.89. The van der Waals surface area contributed by atoms with Gasteiger partial charge < -0.3 is 5.11 Å². The summed E-state index contributed by atoms with van der Waals surface area (Å²) in [6, 6.07) is 1.85. The second kappa shape index (κ2) is 4.82. The van der Waals surface area contributed by atoms with Crippen LogP contribution >= 0.6 is 0 Å². The van der Waals surface area contributed by atoms with Gasteiger partial charge in [0, 0.05) is 6.54 Å².